The molecule has 1 unspecified atom stereocenters. The van der Waals surface area contributed by atoms with Crippen LogP contribution in [0, 0.1) is 5.92 Å². The fourth-order valence-corrected chi connectivity index (χ4v) is 3.69. The molecule has 4 rings (SSSR count). The second kappa shape index (κ2) is 7.59. The number of nitrogens with zero attached hydrogens (tertiary/aromatic N) is 3. The topological polar surface area (TPSA) is 102 Å². The minimum atomic E-state index is -0.655. The summed E-state index contributed by atoms with van der Waals surface area (Å²) in [5, 5.41) is 10.5. The first-order valence-electron chi connectivity index (χ1n) is 9.56. The number of carbonyl (C=O) groups excluding carboxylic acids is 1. The minimum absolute atomic E-state index is 0.127. The number of hydrogen-bond acceptors (Lipinski definition) is 5. The summed E-state index contributed by atoms with van der Waals surface area (Å²) in [4.78, 5) is 30.7. The van der Waals surface area contributed by atoms with Gasteiger partial charge in [-0.05, 0) is 51.7 Å². The lowest BCUT2D eigenvalue weighted by molar-refractivity contribution is 0.0493. The van der Waals surface area contributed by atoms with E-state index in [0.717, 1.165) is 12.8 Å². The molecule has 3 aromatic rings. The molecular weight excluding hydrogens is 429 g/mol. The number of benzene rings is 1. The van der Waals surface area contributed by atoms with E-state index in [2.05, 4.69) is 15.5 Å². The molecule has 8 nitrogen and oxygen atoms in total. The molecule has 0 bridgehead atoms. The average Bonchev–Trinajstić information content (AvgIpc) is 3.39. The van der Waals surface area contributed by atoms with Gasteiger partial charge in [-0.15, -0.1) is 0 Å². The zero-order chi connectivity index (χ0) is 21.6. The molecule has 1 atom stereocenters. The fraction of sp³-hybridized carbons (Fsp3) is 0.400. The highest BCUT2D eigenvalue weighted by molar-refractivity contribution is 6.35. The number of rotatable bonds is 4. The molecule has 1 aliphatic carbocycles. The van der Waals surface area contributed by atoms with Crippen molar-refractivity contribution in [2.75, 3.05) is 0 Å². The predicted molar refractivity (Wildman–Crippen MR) is 114 cm³/mol. The molecule has 0 aliphatic heterocycles. The van der Waals surface area contributed by atoms with Gasteiger partial charge in [0.25, 0.3) is 5.56 Å². The third kappa shape index (κ3) is 4.15. The summed E-state index contributed by atoms with van der Waals surface area (Å²) in [6.07, 6.45) is 1.21. The van der Waals surface area contributed by atoms with E-state index in [4.69, 9.17) is 32.9 Å². The van der Waals surface area contributed by atoms with Crippen LogP contribution in [0.1, 0.15) is 45.5 Å². The lowest BCUT2D eigenvalue weighted by Gasteiger charge is -2.25. The Balaban J connectivity index is 1.89. The average molecular weight is 450 g/mol. The van der Waals surface area contributed by atoms with Gasteiger partial charge in [0.15, 0.2) is 5.82 Å². The number of nitrogens with one attached hydrogen (secondary N) is 2. The molecule has 1 aliphatic rings. The SMILES string of the molecule is CC(C)(C)OC(=O)NC(c1nc2cccc(Cl)c2c(=O)n1-c1cc(Cl)[nH]n1)C1CC1. The summed E-state index contributed by atoms with van der Waals surface area (Å²) in [6, 6.07) is 6.06. The summed E-state index contributed by atoms with van der Waals surface area (Å²) in [5.41, 5.74) is -0.602. The van der Waals surface area contributed by atoms with E-state index in [-0.39, 0.29) is 32.9 Å². The summed E-state index contributed by atoms with van der Waals surface area (Å²) in [7, 11) is 0. The van der Waals surface area contributed by atoms with Crippen molar-refractivity contribution in [1.82, 2.24) is 25.1 Å². The molecule has 0 saturated heterocycles. The third-order valence-corrected chi connectivity index (χ3v) is 5.19. The molecule has 158 valence electrons. The molecule has 2 heterocycles. The van der Waals surface area contributed by atoms with Gasteiger partial charge in [-0.1, -0.05) is 29.3 Å². The Morgan fingerprint density at radius 1 is 1.33 bits per heavy atom. The van der Waals surface area contributed by atoms with Crippen molar-refractivity contribution < 1.29 is 9.53 Å². The van der Waals surface area contributed by atoms with E-state index in [1.165, 1.54) is 10.6 Å². The van der Waals surface area contributed by atoms with Gasteiger partial charge in [0.2, 0.25) is 0 Å². The number of aromatic amines is 1. The van der Waals surface area contributed by atoms with Crippen LogP contribution in [0.3, 0.4) is 0 Å². The first kappa shape index (κ1) is 20.7. The van der Waals surface area contributed by atoms with E-state index in [1.54, 1.807) is 39.0 Å². The zero-order valence-corrected chi connectivity index (χ0v) is 18.2. The molecular formula is C20H21Cl2N5O3. The Kier molecular flexibility index (Phi) is 5.23. The molecule has 2 N–H and O–H groups in total. The summed E-state index contributed by atoms with van der Waals surface area (Å²) in [5.74, 6) is 0.749. The van der Waals surface area contributed by atoms with Crippen molar-refractivity contribution in [1.29, 1.82) is 0 Å². The number of alkyl carbamates (subject to hydrolysis) is 1. The standard InChI is InChI=1S/C20H21Cl2N5O3/c1-20(2,3)30-19(29)24-16(10-7-8-10)17-23-12-6-4-5-11(21)15(12)18(28)27(17)14-9-13(22)25-26-14/h4-6,9-10,16H,7-8H2,1-3H3,(H,24,29)(H,25,26). The van der Waals surface area contributed by atoms with Crippen LogP contribution in [0.15, 0.2) is 29.1 Å². The van der Waals surface area contributed by atoms with Gasteiger partial charge in [0.1, 0.15) is 16.6 Å². The summed E-state index contributed by atoms with van der Waals surface area (Å²) < 4.78 is 6.77. The molecule has 1 fully saturated rings. The van der Waals surface area contributed by atoms with E-state index >= 15 is 0 Å². The van der Waals surface area contributed by atoms with Crippen molar-refractivity contribution >= 4 is 40.2 Å². The van der Waals surface area contributed by atoms with E-state index in [1.807, 2.05) is 0 Å². The van der Waals surface area contributed by atoms with Crippen LogP contribution in [0.5, 0.6) is 0 Å². The maximum Gasteiger partial charge on any atom is 0.408 e. The second-order valence-corrected chi connectivity index (χ2v) is 9.09. The van der Waals surface area contributed by atoms with Crippen LogP contribution in [0.25, 0.3) is 16.7 Å². The Morgan fingerprint density at radius 3 is 2.67 bits per heavy atom. The van der Waals surface area contributed by atoms with Crippen molar-refractivity contribution in [2.24, 2.45) is 5.92 Å². The van der Waals surface area contributed by atoms with Crippen molar-refractivity contribution in [3.8, 4) is 5.82 Å². The van der Waals surface area contributed by atoms with Crippen LogP contribution >= 0.6 is 23.2 Å². The number of H-pyrrole nitrogens is 1. The van der Waals surface area contributed by atoms with Gasteiger partial charge < -0.3 is 10.1 Å². The highest BCUT2D eigenvalue weighted by Crippen LogP contribution is 2.41. The summed E-state index contributed by atoms with van der Waals surface area (Å²) in [6.45, 7) is 5.36. The lowest BCUT2D eigenvalue weighted by Crippen LogP contribution is -2.39. The largest absolute Gasteiger partial charge is 0.444 e. The third-order valence-electron chi connectivity index (χ3n) is 4.68. The van der Waals surface area contributed by atoms with E-state index in [0.29, 0.717) is 11.3 Å². The van der Waals surface area contributed by atoms with Crippen LogP contribution < -0.4 is 10.9 Å². The maximum absolute atomic E-state index is 13.4. The molecule has 2 aromatic heterocycles. The number of halogens is 2. The Hall–Kier alpha value is -2.58. The Labute approximate surface area is 182 Å². The summed E-state index contributed by atoms with van der Waals surface area (Å²) >= 11 is 12.3. The highest BCUT2D eigenvalue weighted by Gasteiger charge is 2.38. The van der Waals surface area contributed by atoms with E-state index < -0.39 is 17.7 Å². The van der Waals surface area contributed by atoms with Crippen molar-refractivity contribution in [3.05, 3.63) is 50.6 Å². The van der Waals surface area contributed by atoms with Crippen molar-refractivity contribution in [3.63, 3.8) is 0 Å². The molecule has 30 heavy (non-hydrogen) atoms. The first-order chi connectivity index (χ1) is 14.1. The Bertz CT molecular complexity index is 1180. The maximum atomic E-state index is 13.4. The Morgan fingerprint density at radius 2 is 2.07 bits per heavy atom. The van der Waals surface area contributed by atoms with Gasteiger partial charge in [0, 0.05) is 6.07 Å². The molecule has 0 radical (unpaired) electrons. The molecule has 10 heteroatoms. The molecule has 1 aromatic carbocycles. The number of hydrogen-bond donors (Lipinski definition) is 2. The van der Waals surface area contributed by atoms with Gasteiger partial charge in [0.05, 0.1) is 22.0 Å². The highest BCUT2D eigenvalue weighted by atomic mass is 35.5. The van der Waals surface area contributed by atoms with E-state index in [9.17, 15) is 9.59 Å². The second-order valence-electron chi connectivity index (χ2n) is 8.28. The number of carbonyl (C=O) groups is 1. The quantitative estimate of drug-likeness (QED) is 0.614. The van der Waals surface area contributed by atoms with Gasteiger partial charge in [-0.2, -0.15) is 5.10 Å². The normalized spacial score (nSPS) is 15.2. The van der Waals surface area contributed by atoms with Crippen LogP contribution in [0.2, 0.25) is 10.2 Å². The fourth-order valence-electron chi connectivity index (χ4n) is 3.30. The van der Waals surface area contributed by atoms with Crippen LogP contribution in [0.4, 0.5) is 4.79 Å². The monoisotopic (exact) mass is 449 g/mol. The number of amides is 1. The number of aromatic nitrogens is 4. The molecule has 1 amide bonds. The first-order valence-corrected chi connectivity index (χ1v) is 10.3. The van der Waals surface area contributed by atoms with Crippen molar-refractivity contribution in [2.45, 2.75) is 45.3 Å². The smallest absolute Gasteiger partial charge is 0.408 e. The number of fused-ring (bicyclic) bond motifs is 1. The predicted octanol–water partition coefficient (Wildman–Crippen LogP) is 4.39. The zero-order valence-electron chi connectivity index (χ0n) is 16.7. The van der Waals surface area contributed by atoms with Crippen LogP contribution in [-0.2, 0) is 4.74 Å². The van der Waals surface area contributed by atoms with Crippen LogP contribution in [-0.4, -0.2) is 31.4 Å². The lowest BCUT2D eigenvalue weighted by atomic mass is 10.1. The minimum Gasteiger partial charge on any atom is -0.444 e. The molecule has 1 saturated carbocycles. The number of ether oxygens (including phenoxy) is 1. The van der Waals surface area contributed by atoms with Gasteiger partial charge >= 0.3 is 6.09 Å². The molecule has 0 spiro atoms. The van der Waals surface area contributed by atoms with Gasteiger partial charge in [-0.25, -0.2) is 14.3 Å². The van der Waals surface area contributed by atoms with Gasteiger partial charge in [-0.3, -0.25) is 9.89 Å².